The van der Waals surface area contributed by atoms with Gasteiger partial charge in [-0.1, -0.05) is 0 Å². The van der Waals surface area contributed by atoms with E-state index in [1.807, 2.05) is 19.2 Å². The fourth-order valence-electron chi connectivity index (χ4n) is 1.74. The first kappa shape index (κ1) is 15.0. The van der Waals surface area contributed by atoms with Gasteiger partial charge in [-0.3, -0.25) is 0 Å². The minimum atomic E-state index is -3.54. The first-order chi connectivity index (χ1) is 9.42. The SMILES string of the molecule is COc1ccc(S(=O)(=O)NCc2nc(C)cs2)cc1C. The summed E-state index contributed by atoms with van der Waals surface area (Å²) in [5.74, 6) is 0.666. The van der Waals surface area contributed by atoms with Crippen LogP contribution in [0.4, 0.5) is 0 Å². The summed E-state index contributed by atoms with van der Waals surface area (Å²) in [7, 11) is -1.98. The Morgan fingerprint density at radius 2 is 2.10 bits per heavy atom. The predicted octanol–water partition coefficient (Wildman–Crippen LogP) is 2.25. The molecule has 0 radical (unpaired) electrons. The van der Waals surface area contributed by atoms with Crippen molar-refractivity contribution in [3.8, 4) is 5.75 Å². The maximum Gasteiger partial charge on any atom is 0.240 e. The first-order valence-corrected chi connectivity index (χ1v) is 8.34. The van der Waals surface area contributed by atoms with Gasteiger partial charge >= 0.3 is 0 Å². The van der Waals surface area contributed by atoms with E-state index in [2.05, 4.69) is 9.71 Å². The van der Waals surface area contributed by atoms with E-state index in [4.69, 9.17) is 4.74 Å². The summed E-state index contributed by atoms with van der Waals surface area (Å²) in [4.78, 5) is 4.45. The number of aromatic nitrogens is 1. The summed E-state index contributed by atoms with van der Waals surface area (Å²) >= 11 is 1.44. The van der Waals surface area contributed by atoms with E-state index < -0.39 is 10.0 Å². The quantitative estimate of drug-likeness (QED) is 0.919. The van der Waals surface area contributed by atoms with Crippen LogP contribution in [0.1, 0.15) is 16.3 Å². The number of methoxy groups -OCH3 is 1. The van der Waals surface area contributed by atoms with Crippen molar-refractivity contribution in [1.82, 2.24) is 9.71 Å². The van der Waals surface area contributed by atoms with Crippen LogP contribution in [-0.2, 0) is 16.6 Å². The largest absolute Gasteiger partial charge is 0.496 e. The number of rotatable bonds is 5. The zero-order valence-electron chi connectivity index (χ0n) is 11.5. The lowest BCUT2D eigenvalue weighted by Crippen LogP contribution is -2.23. The number of nitrogens with zero attached hydrogens (tertiary/aromatic N) is 1. The van der Waals surface area contributed by atoms with E-state index in [1.165, 1.54) is 17.4 Å². The lowest BCUT2D eigenvalue weighted by atomic mass is 10.2. The topological polar surface area (TPSA) is 68.3 Å². The third kappa shape index (κ3) is 3.36. The van der Waals surface area contributed by atoms with Crippen LogP contribution in [0, 0.1) is 13.8 Å². The number of thiazole rings is 1. The molecule has 7 heteroatoms. The number of nitrogens with one attached hydrogen (secondary N) is 1. The molecule has 0 aliphatic carbocycles. The summed E-state index contributed by atoms with van der Waals surface area (Å²) in [6.45, 7) is 3.88. The van der Waals surface area contributed by atoms with Crippen LogP contribution >= 0.6 is 11.3 Å². The van der Waals surface area contributed by atoms with E-state index in [9.17, 15) is 8.42 Å². The fraction of sp³-hybridized carbons (Fsp3) is 0.308. The second-order valence-electron chi connectivity index (χ2n) is 4.34. The molecule has 0 amide bonds. The van der Waals surface area contributed by atoms with Crippen molar-refractivity contribution in [2.45, 2.75) is 25.3 Å². The molecule has 2 aromatic rings. The van der Waals surface area contributed by atoms with Crippen molar-refractivity contribution in [2.24, 2.45) is 0 Å². The van der Waals surface area contributed by atoms with Crippen LogP contribution in [-0.4, -0.2) is 20.5 Å². The number of hydrogen-bond acceptors (Lipinski definition) is 5. The molecule has 20 heavy (non-hydrogen) atoms. The second-order valence-corrected chi connectivity index (χ2v) is 7.05. The van der Waals surface area contributed by atoms with Crippen molar-refractivity contribution in [2.75, 3.05) is 7.11 Å². The number of benzene rings is 1. The predicted molar refractivity (Wildman–Crippen MR) is 78.6 cm³/mol. The summed E-state index contributed by atoms with van der Waals surface area (Å²) in [6.07, 6.45) is 0. The monoisotopic (exact) mass is 312 g/mol. The number of ether oxygens (including phenoxy) is 1. The van der Waals surface area contributed by atoms with Gasteiger partial charge in [-0.15, -0.1) is 11.3 Å². The molecule has 0 aliphatic heterocycles. The minimum Gasteiger partial charge on any atom is -0.496 e. The van der Waals surface area contributed by atoms with Crippen molar-refractivity contribution >= 4 is 21.4 Å². The molecule has 1 heterocycles. The van der Waals surface area contributed by atoms with Gasteiger partial charge < -0.3 is 4.74 Å². The smallest absolute Gasteiger partial charge is 0.240 e. The Balaban J connectivity index is 2.15. The third-order valence-electron chi connectivity index (χ3n) is 2.76. The maximum absolute atomic E-state index is 12.2. The summed E-state index contributed by atoms with van der Waals surface area (Å²) in [6, 6.07) is 4.77. The summed E-state index contributed by atoms with van der Waals surface area (Å²) in [5, 5.41) is 2.64. The molecule has 5 nitrogen and oxygen atoms in total. The van der Waals surface area contributed by atoms with Crippen LogP contribution < -0.4 is 9.46 Å². The fourth-order valence-corrected chi connectivity index (χ4v) is 3.62. The van der Waals surface area contributed by atoms with Crippen molar-refractivity contribution in [1.29, 1.82) is 0 Å². The van der Waals surface area contributed by atoms with Gasteiger partial charge in [0.1, 0.15) is 10.8 Å². The number of aryl methyl sites for hydroxylation is 2. The Morgan fingerprint density at radius 1 is 1.35 bits per heavy atom. The van der Waals surface area contributed by atoms with Crippen LogP contribution in [0.3, 0.4) is 0 Å². The highest BCUT2D eigenvalue weighted by atomic mass is 32.2. The highest BCUT2D eigenvalue weighted by molar-refractivity contribution is 7.89. The minimum absolute atomic E-state index is 0.200. The lowest BCUT2D eigenvalue weighted by Gasteiger charge is -2.09. The Bertz CT molecular complexity index is 708. The van der Waals surface area contributed by atoms with Gasteiger partial charge in [0.25, 0.3) is 0 Å². The number of hydrogen-bond donors (Lipinski definition) is 1. The Morgan fingerprint density at radius 3 is 2.65 bits per heavy atom. The Hall–Kier alpha value is -1.44. The molecule has 2 rings (SSSR count). The van der Waals surface area contributed by atoms with E-state index in [0.29, 0.717) is 5.75 Å². The molecule has 1 aromatic carbocycles. The molecule has 0 bridgehead atoms. The molecule has 0 unspecified atom stereocenters. The van der Waals surface area contributed by atoms with Gasteiger partial charge in [0.2, 0.25) is 10.0 Å². The van der Waals surface area contributed by atoms with Crippen LogP contribution in [0.2, 0.25) is 0 Å². The van der Waals surface area contributed by atoms with Gasteiger partial charge in [0.15, 0.2) is 0 Å². The first-order valence-electron chi connectivity index (χ1n) is 5.97. The molecule has 0 saturated heterocycles. The van der Waals surface area contributed by atoms with Gasteiger partial charge in [0.05, 0.1) is 18.6 Å². The van der Waals surface area contributed by atoms with E-state index in [0.717, 1.165) is 16.3 Å². The lowest BCUT2D eigenvalue weighted by molar-refractivity contribution is 0.411. The molecule has 0 spiro atoms. The van der Waals surface area contributed by atoms with Crippen molar-refractivity contribution < 1.29 is 13.2 Å². The van der Waals surface area contributed by atoms with Crippen LogP contribution in [0.25, 0.3) is 0 Å². The molecule has 108 valence electrons. The Labute approximate surface area is 122 Å². The summed E-state index contributed by atoms with van der Waals surface area (Å²) in [5.41, 5.74) is 1.67. The zero-order chi connectivity index (χ0) is 14.8. The highest BCUT2D eigenvalue weighted by Crippen LogP contribution is 2.21. The summed E-state index contributed by atoms with van der Waals surface area (Å²) < 4.78 is 32.0. The standard InChI is InChI=1S/C13H16N2O3S2/c1-9-6-11(4-5-12(9)18-3)20(16,17)14-7-13-15-10(2)8-19-13/h4-6,8,14H,7H2,1-3H3. The maximum atomic E-state index is 12.2. The molecule has 1 aromatic heterocycles. The molecule has 0 fully saturated rings. The molecule has 1 N–H and O–H groups in total. The molecular formula is C13H16N2O3S2. The molecule has 0 aliphatic rings. The van der Waals surface area contributed by atoms with E-state index in [-0.39, 0.29) is 11.4 Å². The van der Waals surface area contributed by atoms with Gasteiger partial charge in [-0.05, 0) is 37.6 Å². The van der Waals surface area contributed by atoms with Crippen molar-refractivity contribution in [3.63, 3.8) is 0 Å². The average Bonchev–Trinajstić information content (AvgIpc) is 2.82. The Kier molecular flexibility index (Phi) is 4.42. The van der Waals surface area contributed by atoms with Crippen LogP contribution in [0.15, 0.2) is 28.5 Å². The van der Waals surface area contributed by atoms with Gasteiger partial charge in [-0.25, -0.2) is 18.1 Å². The molecular weight excluding hydrogens is 296 g/mol. The van der Waals surface area contributed by atoms with Gasteiger partial charge in [-0.2, -0.15) is 0 Å². The van der Waals surface area contributed by atoms with E-state index >= 15 is 0 Å². The van der Waals surface area contributed by atoms with E-state index in [1.54, 1.807) is 19.2 Å². The molecule has 0 saturated carbocycles. The molecule has 0 atom stereocenters. The number of sulfonamides is 1. The zero-order valence-corrected chi connectivity index (χ0v) is 13.1. The van der Waals surface area contributed by atoms with Gasteiger partial charge in [0, 0.05) is 11.1 Å². The second kappa shape index (κ2) is 5.90. The normalized spacial score (nSPS) is 11.6. The van der Waals surface area contributed by atoms with Crippen LogP contribution in [0.5, 0.6) is 5.75 Å². The van der Waals surface area contributed by atoms with Crippen molar-refractivity contribution in [3.05, 3.63) is 39.8 Å². The third-order valence-corrected chi connectivity index (χ3v) is 5.12. The average molecular weight is 312 g/mol. The highest BCUT2D eigenvalue weighted by Gasteiger charge is 2.15.